The van der Waals surface area contributed by atoms with Crippen molar-refractivity contribution in [2.45, 2.75) is 32.7 Å². The predicted molar refractivity (Wildman–Crippen MR) is 145 cm³/mol. The van der Waals surface area contributed by atoms with Crippen molar-refractivity contribution in [3.8, 4) is 11.5 Å². The Balaban J connectivity index is 1.21. The summed E-state index contributed by atoms with van der Waals surface area (Å²) < 4.78 is 11.4. The molecule has 5 rings (SSSR count). The smallest absolute Gasteiger partial charge is 0.265 e. The van der Waals surface area contributed by atoms with Gasteiger partial charge in [0.05, 0.1) is 23.4 Å². The molecule has 2 aliphatic heterocycles. The third-order valence-electron chi connectivity index (χ3n) is 6.83. The van der Waals surface area contributed by atoms with E-state index in [4.69, 9.17) is 9.47 Å². The average Bonchev–Trinajstić information content (AvgIpc) is 3.19. The van der Waals surface area contributed by atoms with Crippen molar-refractivity contribution < 1.29 is 28.7 Å². The first-order valence-corrected chi connectivity index (χ1v) is 12.9. The van der Waals surface area contributed by atoms with Gasteiger partial charge >= 0.3 is 0 Å². The first-order chi connectivity index (χ1) is 18.8. The molecule has 3 aromatic rings. The number of carbonyl (C=O) groups excluding carboxylic acids is 4. The molecule has 1 N–H and O–H groups in total. The molecular weight excluding hydrogens is 498 g/mol. The molecular formula is C30H29N3O6. The van der Waals surface area contributed by atoms with E-state index in [1.165, 1.54) is 12.5 Å². The molecule has 0 bridgehead atoms. The van der Waals surface area contributed by atoms with Gasteiger partial charge in [-0.15, -0.1) is 0 Å². The minimum absolute atomic E-state index is 0.0602. The minimum Gasteiger partial charge on any atom is -0.494 e. The highest BCUT2D eigenvalue weighted by molar-refractivity contribution is 6.23. The summed E-state index contributed by atoms with van der Waals surface area (Å²) in [5.41, 5.74) is 2.71. The molecule has 0 saturated heterocycles. The summed E-state index contributed by atoms with van der Waals surface area (Å²) in [5.74, 6) is -0.348. The standard InChI is InChI=1S/C30H29N3O6/c1-19-9-12-22(13-10-19)38-16-6-5-15-32-25-17-21(11-14-26(25)39-18-27(32)34)31-28(35)20(2)33-29(36)23-7-3-4-8-24(23)30(33)37/h3-4,7-14,17,20H,5-6,15-16,18H2,1-2H3,(H,31,35). The lowest BCUT2D eigenvalue weighted by atomic mass is 10.1. The largest absolute Gasteiger partial charge is 0.494 e. The second-order valence-corrected chi connectivity index (χ2v) is 9.58. The fourth-order valence-corrected chi connectivity index (χ4v) is 4.65. The van der Waals surface area contributed by atoms with Crippen LogP contribution in [0.25, 0.3) is 0 Å². The number of anilines is 2. The third-order valence-corrected chi connectivity index (χ3v) is 6.83. The van der Waals surface area contributed by atoms with Crippen LogP contribution in [0.2, 0.25) is 0 Å². The molecule has 0 fully saturated rings. The van der Waals surface area contributed by atoms with Crippen molar-refractivity contribution in [3.05, 3.63) is 83.4 Å². The Hall–Kier alpha value is -4.66. The Bertz CT molecular complexity index is 1400. The number of hydrogen-bond donors (Lipinski definition) is 1. The number of fused-ring (bicyclic) bond motifs is 2. The second kappa shape index (κ2) is 11.0. The number of benzene rings is 3. The molecule has 0 saturated carbocycles. The molecule has 200 valence electrons. The van der Waals surface area contributed by atoms with Gasteiger partial charge in [-0.25, -0.2) is 0 Å². The molecule has 39 heavy (non-hydrogen) atoms. The van der Waals surface area contributed by atoms with Gasteiger partial charge in [-0.1, -0.05) is 29.8 Å². The van der Waals surface area contributed by atoms with Crippen molar-refractivity contribution in [1.29, 1.82) is 0 Å². The lowest BCUT2D eigenvalue weighted by Crippen LogP contribution is -2.45. The SMILES string of the molecule is Cc1ccc(OCCCCN2C(=O)COc3ccc(NC(=O)C(C)N4C(=O)c5ccccc5C4=O)cc32)cc1. The molecule has 0 aromatic heterocycles. The fourth-order valence-electron chi connectivity index (χ4n) is 4.65. The molecule has 0 radical (unpaired) electrons. The van der Waals surface area contributed by atoms with Crippen LogP contribution in [0.4, 0.5) is 11.4 Å². The summed E-state index contributed by atoms with van der Waals surface area (Å²) in [4.78, 5) is 53.9. The van der Waals surface area contributed by atoms with Crippen LogP contribution in [0.15, 0.2) is 66.7 Å². The maximum absolute atomic E-state index is 13.1. The highest BCUT2D eigenvalue weighted by Gasteiger charge is 2.40. The quantitative estimate of drug-likeness (QED) is 0.330. The first-order valence-electron chi connectivity index (χ1n) is 12.9. The normalized spacial score (nSPS) is 15.0. The van der Waals surface area contributed by atoms with E-state index in [0.29, 0.717) is 36.7 Å². The summed E-state index contributed by atoms with van der Waals surface area (Å²) in [6, 6.07) is 18.4. The lowest BCUT2D eigenvalue weighted by molar-refractivity contribution is -0.121. The van der Waals surface area contributed by atoms with Crippen molar-refractivity contribution in [3.63, 3.8) is 0 Å². The summed E-state index contributed by atoms with van der Waals surface area (Å²) >= 11 is 0. The van der Waals surface area contributed by atoms with E-state index in [9.17, 15) is 19.2 Å². The molecule has 2 aliphatic rings. The zero-order chi connectivity index (χ0) is 27.5. The van der Waals surface area contributed by atoms with E-state index >= 15 is 0 Å². The predicted octanol–water partition coefficient (Wildman–Crippen LogP) is 4.20. The van der Waals surface area contributed by atoms with Crippen LogP contribution < -0.4 is 19.7 Å². The molecule has 3 aromatic carbocycles. The monoisotopic (exact) mass is 527 g/mol. The van der Waals surface area contributed by atoms with Crippen LogP contribution in [0.5, 0.6) is 11.5 Å². The summed E-state index contributed by atoms with van der Waals surface area (Å²) in [5, 5.41) is 2.77. The Labute approximate surface area is 226 Å². The van der Waals surface area contributed by atoms with Gasteiger partial charge in [-0.2, -0.15) is 0 Å². The number of rotatable bonds is 9. The van der Waals surface area contributed by atoms with E-state index in [1.807, 2.05) is 31.2 Å². The van der Waals surface area contributed by atoms with Gasteiger partial charge in [0.1, 0.15) is 17.5 Å². The van der Waals surface area contributed by atoms with Gasteiger partial charge in [0.15, 0.2) is 6.61 Å². The molecule has 1 unspecified atom stereocenters. The number of amides is 4. The van der Waals surface area contributed by atoms with Gasteiger partial charge < -0.3 is 19.7 Å². The number of aryl methyl sites for hydroxylation is 1. The maximum Gasteiger partial charge on any atom is 0.265 e. The van der Waals surface area contributed by atoms with Crippen molar-refractivity contribution in [1.82, 2.24) is 4.90 Å². The van der Waals surface area contributed by atoms with Crippen LogP contribution in [0.1, 0.15) is 46.0 Å². The van der Waals surface area contributed by atoms with Crippen LogP contribution in [0.3, 0.4) is 0 Å². The number of ether oxygens (including phenoxy) is 2. The van der Waals surface area contributed by atoms with Crippen molar-refractivity contribution in [2.24, 2.45) is 0 Å². The second-order valence-electron chi connectivity index (χ2n) is 9.58. The maximum atomic E-state index is 13.1. The summed E-state index contributed by atoms with van der Waals surface area (Å²) in [7, 11) is 0. The van der Waals surface area contributed by atoms with Gasteiger partial charge in [0.2, 0.25) is 5.91 Å². The summed E-state index contributed by atoms with van der Waals surface area (Å²) in [6.07, 6.45) is 1.46. The number of nitrogens with zero attached hydrogens (tertiary/aromatic N) is 2. The van der Waals surface area contributed by atoms with Gasteiger partial charge in [-0.3, -0.25) is 24.1 Å². The zero-order valence-electron chi connectivity index (χ0n) is 21.8. The minimum atomic E-state index is -1.03. The Morgan fingerprint density at radius 2 is 1.67 bits per heavy atom. The van der Waals surface area contributed by atoms with Gasteiger partial charge in [0, 0.05) is 12.2 Å². The lowest BCUT2D eigenvalue weighted by Gasteiger charge is -2.30. The van der Waals surface area contributed by atoms with Crippen LogP contribution in [-0.4, -0.2) is 54.3 Å². The Morgan fingerprint density at radius 1 is 0.974 bits per heavy atom. The summed E-state index contributed by atoms with van der Waals surface area (Å²) in [6.45, 7) is 4.46. The zero-order valence-corrected chi connectivity index (χ0v) is 21.8. The number of unbranched alkanes of at least 4 members (excludes halogenated alkanes) is 1. The van der Waals surface area contributed by atoms with Crippen LogP contribution in [-0.2, 0) is 9.59 Å². The Kier molecular flexibility index (Phi) is 7.31. The number of nitrogens with one attached hydrogen (secondary N) is 1. The first kappa shape index (κ1) is 26.0. The Morgan fingerprint density at radius 3 is 2.36 bits per heavy atom. The molecule has 0 spiro atoms. The number of imide groups is 1. The van der Waals surface area contributed by atoms with E-state index in [1.54, 1.807) is 47.4 Å². The van der Waals surface area contributed by atoms with Crippen molar-refractivity contribution >= 4 is 35.0 Å². The van der Waals surface area contributed by atoms with Gasteiger partial charge in [0.25, 0.3) is 17.7 Å². The third kappa shape index (κ3) is 5.34. The average molecular weight is 528 g/mol. The van der Waals surface area contributed by atoms with Gasteiger partial charge in [-0.05, 0) is 69.2 Å². The van der Waals surface area contributed by atoms with E-state index in [2.05, 4.69) is 5.32 Å². The van der Waals surface area contributed by atoms with Crippen molar-refractivity contribution in [2.75, 3.05) is 30.0 Å². The molecule has 0 aliphatic carbocycles. The molecule has 1 atom stereocenters. The number of hydrogen-bond acceptors (Lipinski definition) is 6. The van der Waals surface area contributed by atoms with Crippen LogP contribution >= 0.6 is 0 Å². The topological polar surface area (TPSA) is 105 Å². The molecule has 4 amide bonds. The van der Waals surface area contributed by atoms with E-state index < -0.39 is 23.8 Å². The molecule has 2 heterocycles. The highest BCUT2D eigenvalue weighted by Crippen LogP contribution is 2.35. The fraction of sp³-hybridized carbons (Fsp3) is 0.267. The number of carbonyl (C=O) groups is 4. The molecule has 9 nitrogen and oxygen atoms in total. The van der Waals surface area contributed by atoms with Crippen LogP contribution in [0, 0.1) is 6.92 Å². The highest BCUT2D eigenvalue weighted by atomic mass is 16.5. The van der Waals surface area contributed by atoms with E-state index in [-0.39, 0.29) is 23.6 Å². The molecule has 9 heteroatoms. The van der Waals surface area contributed by atoms with E-state index in [0.717, 1.165) is 17.1 Å².